The summed E-state index contributed by atoms with van der Waals surface area (Å²) in [5.74, 6) is -0.423. The second-order valence-electron chi connectivity index (χ2n) is 7.73. The van der Waals surface area contributed by atoms with E-state index in [9.17, 15) is 14.7 Å². The van der Waals surface area contributed by atoms with Gasteiger partial charge in [0.05, 0.1) is 12.1 Å². The summed E-state index contributed by atoms with van der Waals surface area (Å²) in [4.78, 5) is 23.1. The molecule has 8 nitrogen and oxygen atoms in total. The van der Waals surface area contributed by atoms with Gasteiger partial charge in [-0.05, 0) is 53.6 Å². The Kier molecular flexibility index (Phi) is 5.51. The van der Waals surface area contributed by atoms with Crippen molar-refractivity contribution in [3.05, 3.63) is 88.1 Å². The molecule has 4 aromatic rings. The molecule has 0 aliphatic carbocycles. The largest absolute Gasteiger partial charge is 0.489 e. The third kappa shape index (κ3) is 4.11. The van der Waals surface area contributed by atoms with E-state index in [2.05, 4.69) is 0 Å². The summed E-state index contributed by atoms with van der Waals surface area (Å²) < 4.78 is 18.3. The lowest BCUT2D eigenvalue weighted by Gasteiger charge is -2.12. The second-order valence-corrected chi connectivity index (χ2v) is 8.14. The minimum absolute atomic E-state index is 0.107. The van der Waals surface area contributed by atoms with Crippen molar-refractivity contribution >= 4 is 34.4 Å². The van der Waals surface area contributed by atoms with Gasteiger partial charge < -0.3 is 29.0 Å². The van der Waals surface area contributed by atoms with E-state index in [1.165, 1.54) is 6.07 Å². The third-order valence-electron chi connectivity index (χ3n) is 5.54. The van der Waals surface area contributed by atoms with E-state index in [0.717, 1.165) is 0 Å². The maximum absolute atomic E-state index is 12.0. The average Bonchev–Trinajstić information content (AvgIpc) is 3.42. The number of nitrogens with zero attached hydrogens (tertiary/aromatic N) is 1. The van der Waals surface area contributed by atoms with E-state index in [0.29, 0.717) is 44.3 Å². The predicted molar refractivity (Wildman–Crippen MR) is 123 cm³/mol. The summed E-state index contributed by atoms with van der Waals surface area (Å²) in [6.07, 6.45) is 0. The van der Waals surface area contributed by atoms with E-state index in [1.807, 2.05) is 0 Å². The number of carboxylic acid groups (broad SMARTS) is 2. The molecule has 0 unspecified atom stereocenters. The molecule has 1 aromatic heterocycles. The molecule has 0 radical (unpaired) electrons. The van der Waals surface area contributed by atoms with Gasteiger partial charge in [-0.15, -0.1) is 0 Å². The minimum atomic E-state index is -1.07. The number of aromatic nitrogens is 1. The fourth-order valence-electron chi connectivity index (χ4n) is 3.90. The number of rotatable bonds is 7. The summed E-state index contributed by atoms with van der Waals surface area (Å²) in [6.45, 7) is 0.514. The van der Waals surface area contributed by atoms with Crippen molar-refractivity contribution < 1.29 is 34.0 Å². The van der Waals surface area contributed by atoms with Gasteiger partial charge in [0.1, 0.15) is 18.1 Å². The van der Waals surface area contributed by atoms with Crippen LogP contribution < -0.4 is 14.2 Å². The van der Waals surface area contributed by atoms with Crippen molar-refractivity contribution in [2.24, 2.45) is 0 Å². The van der Waals surface area contributed by atoms with Crippen molar-refractivity contribution in [3.63, 3.8) is 0 Å². The Labute approximate surface area is 198 Å². The quantitative estimate of drug-likeness (QED) is 0.382. The molecule has 5 rings (SSSR count). The summed E-state index contributed by atoms with van der Waals surface area (Å²) in [7, 11) is 0. The molecule has 2 heterocycles. The van der Waals surface area contributed by atoms with Gasteiger partial charge >= 0.3 is 11.9 Å². The normalized spacial score (nSPS) is 12.1. The number of aromatic carboxylic acids is 2. The number of hydrogen-bond donors (Lipinski definition) is 2. The zero-order valence-electron chi connectivity index (χ0n) is 17.7. The Balaban J connectivity index is 1.43. The summed E-state index contributed by atoms with van der Waals surface area (Å²) in [6, 6.07) is 16.8. The van der Waals surface area contributed by atoms with E-state index in [1.54, 1.807) is 59.2 Å². The van der Waals surface area contributed by atoms with Gasteiger partial charge in [0.2, 0.25) is 6.79 Å². The third-order valence-corrected chi connectivity index (χ3v) is 5.89. The first-order valence-electron chi connectivity index (χ1n) is 10.3. The first-order valence-corrected chi connectivity index (χ1v) is 10.7. The predicted octanol–water partition coefficient (Wildman–Crippen LogP) is 5.05. The molecule has 1 aliphatic heterocycles. The number of carbonyl (C=O) groups is 2. The Morgan fingerprint density at radius 2 is 1.76 bits per heavy atom. The zero-order chi connectivity index (χ0) is 23.8. The van der Waals surface area contributed by atoms with E-state index in [-0.39, 0.29) is 31.2 Å². The number of hydrogen-bond acceptors (Lipinski definition) is 5. The van der Waals surface area contributed by atoms with Crippen LogP contribution in [0.1, 0.15) is 32.0 Å². The molecule has 0 atom stereocenters. The molecule has 172 valence electrons. The van der Waals surface area contributed by atoms with Gasteiger partial charge in [-0.3, -0.25) is 0 Å². The number of halogens is 1. The molecule has 3 aromatic carbocycles. The second kappa shape index (κ2) is 8.64. The smallest absolute Gasteiger partial charge is 0.352 e. The summed E-state index contributed by atoms with van der Waals surface area (Å²) >= 11 is 6.41. The molecule has 9 heteroatoms. The zero-order valence-corrected chi connectivity index (χ0v) is 18.4. The maximum Gasteiger partial charge on any atom is 0.352 e. The van der Waals surface area contributed by atoms with Crippen LogP contribution in [0.25, 0.3) is 10.9 Å². The molecular weight excluding hydrogens is 462 g/mol. The molecule has 34 heavy (non-hydrogen) atoms. The van der Waals surface area contributed by atoms with Crippen molar-refractivity contribution in [1.29, 1.82) is 0 Å². The topological polar surface area (TPSA) is 107 Å². The minimum Gasteiger partial charge on any atom is -0.489 e. The lowest BCUT2D eigenvalue weighted by atomic mass is 10.1. The molecule has 0 fully saturated rings. The highest BCUT2D eigenvalue weighted by atomic mass is 35.5. The van der Waals surface area contributed by atoms with Crippen molar-refractivity contribution in [1.82, 2.24) is 4.57 Å². The highest BCUT2D eigenvalue weighted by Crippen LogP contribution is 2.37. The highest BCUT2D eigenvalue weighted by Gasteiger charge is 2.20. The van der Waals surface area contributed by atoms with Crippen LogP contribution in [0, 0.1) is 0 Å². The van der Waals surface area contributed by atoms with Crippen LogP contribution in [0.3, 0.4) is 0 Å². The van der Waals surface area contributed by atoms with Crippen LogP contribution in [0.5, 0.6) is 17.2 Å². The average molecular weight is 480 g/mol. The SMILES string of the molecule is O=C(O)c1cccc(COc2ccc3c(c2)cc(C(=O)O)n3Cc2cc3c(cc2Cl)OCO3)c1. The first-order chi connectivity index (χ1) is 16.4. The van der Waals surface area contributed by atoms with Gasteiger partial charge in [0.25, 0.3) is 0 Å². The fourth-order valence-corrected chi connectivity index (χ4v) is 4.11. The highest BCUT2D eigenvalue weighted by molar-refractivity contribution is 6.31. The van der Waals surface area contributed by atoms with E-state index in [4.69, 9.17) is 30.9 Å². The van der Waals surface area contributed by atoms with E-state index < -0.39 is 11.9 Å². The monoisotopic (exact) mass is 479 g/mol. The standard InChI is InChI=1S/C25H18ClNO7/c26-19-10-23-22(33-13-34-23)9-17(19)11-27-20-5-4-18(7-16(20)8-21(27)25(30)31)32-12-14-2-1-3-15(6-14)24(28)29/h1-10H,11-13H2,(H,28,29)(H,30,31). The molecule has 2 N–H and O–H groups in total. The van der Waals surface area contributed by atoms with Gasteiger partial charge in [0, 0.05) is 22.0 Å². The fraction of sp³-hybridized carbons (Fsp3) is 0.120. The van der Waals surface area contributed by atoms with Crippen LogP contribution in [0.2, 0.25) is 5.02 Å². The number of carboxylic acids is 2. The van der Waals surface area contributed by atoms with Crippen molar-refractivity contribution in [3.8, 4) is 17.2 Å². The van der Waals surface area contributed by atoms with Crippen LogP contribution in [-0.4, -0.2) is 33.5 Å². The lowest BCUT2D eigenvalue weighted by molar-refractivity contribution is 0.0679. The number of benzene rings is 3. The summed E-state index contributed by atoms with van der Waals surface area (Å²) in [5, 5.41) is 20.1. The van der Waals surface area contributed by atoms with Gasteiger partial charge in [0.15, 0.2) is 11.5 Å². The van der Waals surface area contributed by atoms with Gasteiger partial charge in [-0.1, -0.05) is 23.7 Å². The van der Waals surface area contributed by atoms with Crippen LogP contribution in [0.15, 0.2) is 60.7 Å². The van der Waals surface area contributed by atoms with Gasteiger partial charge in [-0.2, -0.15) is 0 Å². The summed E-state index contributed by atoms with van der Waals surface area (Å²) in [5.41, 5.74) is 2.40. The molecule has 0 spiro atoms. The molecular formula is C25H18ClNO7. The Hall–Kier alpha value is -4.17. The molecule has 0 saturated heterocycles. The maximum atomic E-state index is 12.0. The van der Waals surface area contributed by atoms with Crippen molar-refractivity contribution in [2.45, 2.75) is 13.2 Å². The molecule has 0 amide bonds. The Morgan fingerprint density at radius 3 is 2.53 bits per heavy atom. The molecule has 0 saturated carbocycles. The number of ether oxygens (including phenoxy) is 3. The van der Waals surface area contributed by atoms with Crippen LogP contribution in [0.4, 0.5) is 0 Å². The lowest BCUT2D eigenvalue weighted by Crippen LogP contribution is -2.09. The molecule has 1 aliphatic rings. The Morgan fingerprint density at radius 1 is 0.971 bits per heavy atom. The molecule has 0 bridgehead atoms. The number of fused-ring (bicyclic) bond motifs is 2. The van der Waals surface area contributed by atoms with Crippen LogP contribution in [-0.2, 0) is 13.2 Å². The van der Waals surface area contributed by atoms with Crippen LogP contribution >= 0.6 is 11.6 Å². The Bertz CT molecular complexity index is 1440. The van der Waals surface area contributed by atoms with Gasteiger partial charge in [-0.25, -0.2) is 9.59 Å². The van der Waals surface area contributed by atoms with E-state index >= 15 is 0 Å². The van der Waals surface area contributed by atoms with Crippen molar-refractivity contribution in [2.75, 3.05) is 6.79 Å². The first kappa shape index (κ1) is 21.7.